The topological polar surface area (TPSA) is 50.4 Å². The average Bonchev–Trinajstić information content (AvgIpc) is 2.47. The van der Waals surface area contributed by atoms with Crippen LogP contribution >= 0.6 is 11.6 Å². The molecule has 1 rings (SSSR count). The highest BCUT2D eigenvalue weighted by Gasteiger charge is 2.16. The molecule has 0 saturated heterocycles. The molecular formula is C16H23ClN2O2. The van der Waals surface area contributed by atoms with Crippen molar-refractivity contribution in [1.29, 1.82) is 0 Å². The van der Waals surface area contributed by atoms with Crippen molar-refractivity contribution >= 4 is 17.5 Å². The van der Waals surface area contributed by atoms with Gasteiger partial charge in [-0.05, 0) is 32.0 Å². The summed E-state index contributed by atoms with van der Waals surface area (Å²) in [7, 11) is 0. The van der Waals surface area contributed by atoms with E-state index in [1.807, 2.05) is 18.2 Å². The molecule has 4 nitrogen and oxygen atoms in total. The van der Waals surface area contributed by atoms with E-state index in [-0.39, 0.29) is 5.91 Å². The van der Waals surface area contributed by atoms with Crippen molar-refractivity contribution in [1.82, 2.24) is 10.6 Å². The minimum atomic E-state index is -0.589. The van der Waals surface area contributed by atoms with Crippen LogP contribution in [0.2, 0.25) is 5.02 Å². The first-order chi connectivity index (χ1) is 10.1. The van der Waals surface area contributed by atoms with Crippen LogP contribution in [0.25, 0.3) is 0 Å². The number of benzene rings is 1. The molecule has 2 N–H and O–H groups in total. The van der Waals surface area contributed by atoms with E-state index in [1.54, 1.807) is 13.0 Å². The molecule has 21 heavy (non-hydrogen) atoms. The van der Waals surface area contributed by atoms with E-state index in [1.165, 1.54) is 0 Å². The number of rotatable bonds is 9. The van der Waals surface area contributed by atoms with Crippen molar-refractivity contribution in [3.05, 3.63) is 41.4 Å². The molecule has 0 aliphatic heterocycles. The minimum Gasteiger partial charge on any atom is -0.481 e. The van der Waals surface area contributed by atoms with E-state index in [2.05, 4.69) is 24.1 Å². The van der Waals surface area contributed by atoms with Crippen LogP contribution in [0.3, 0.4) is 0 Å². The summed E-state index contributed by atoms with van der Waals surface area (Å²) in [5.41, 5.74) is 0.871. The molecule has 1 aromatic rings. The highest BCUT2D eigenvalue weighted by Crippen LogP contribution is 2.27. The lowest BCUT2D eigenvalue weighted by molar-refractivity contribution is -0.127. The Labute approximate surface area is 131 Å². The zero-order valence-electron chi connectivity index (χ0n) is 12.6. The van der Waals surface area contributed by atoms with Crippen LogP contribution in [0, 0.1) is 0 Å². The first-order valence-electron chi connectivity index (χ1n) is 7.13. The molecule has 0 bridgehead atoms. The summed E-state index contributed by atoms with van der Waals surface area (Å²) in [6.45, 7) is 9.31. The number of ether oxygens (including phenoxy) is 1. The van der Waals surface area contributed by atoms with Crippen molar-refractivity contribution in [2.24, 2.45) is 0 Å². The van der Waals surface area contributed by atoms with Crippen molar-refractivity contribution in [2.45, 2.75) is 32.9 Å². The fourth-order valence-corrected chi connectivity index (χ4v) is 2.00. The first-order valence-corrected chi connectivity index (χ1v) is 7.51. The van der Waals surface area contributed by atoms with Crippen molar-refractivity contribution < 1.29 is 9.53 Å². The van der Waals surface area contributed by atoms with Gasteiger partial charge in [0.25, 0.3) is 5.91 Å². The molecule has 0 spiro atoms. The van der Waals surface area contributed by atoms with Gasteiger partial charge in [0.2, 0.25) is 0 Å². The maximum atomic E-state index is 11.8. The van der Waals surface area contributed by atoms with Crippen LogP contribution in [0.5, 0.6) is 5.75 Å². The number of nitrogens with one attached hydrogen (secondary N) is 2. The molecule has 0 aromatic heterocycles. The van der Waals surface area contributed by atoms with Crippen molar-refractivity contribution in [2.75, 3.05) is 13.1 Å². The molecule has 0 fully saturated rings. The Bertz CT molecular complexity index is 477. The Hall–Kier alpha value is -1.52. The number of halogens is 1. The van der Waals surface area contributed by atoms with Crippen LogP contribution in [0.15, 0.2) is 30.9 Å². The van der Waals surface area contributed by atoms with Crippen molar-refractivity contribution in [3.8, 4) is 5.75 Å². The highest BCUT2D eigenvalue weighted by atomic mass is 35.5. The molecule has 5 heteroatoms. The predicted octanol–water partition coefficient (Wildman–Crippen LogP) is 2.91. The SMILES string of the molecule is C=CCNC(=O)C(C)Oc1cccc(Cl)c1CNCCC. The average molecular weight is 311 g/mol. The largest absolute Gasteiger partial charge is 0.481 e. The van der Waals surface area contributed by atoms with Gasteiger partial charge >= 0.3 is 0 Å². The summed E-state index contributed by atoms with van der Waals surface area (Å²) < 4.78 is 5.75. The maximum absolute atomic E-state index is 11.8. The molecule has 1 amide bonds. The van der Waals surface area contributed by atoms with Gasteiger partial charge in [-0.15, -0.1) is 6.58 Å². The smallest absolute Gasteiger partial charge is 0.261 e. The Morgan fingerprint density at radius 3 is 2.95 bits per heavy atom. The van der Waals surface area contributed by atoms with Crippen LogP contribution in [-0.4, -0.2) is 25.1 Å². The molecule has 116 valence electrons. The Morgan fingerprint density at radius 1 is 1.52 bits per heavy atom. The number of hydrogen-bond donors (Lipinski definition) is 2. The standard InChI is InChI=1S/C16H23ClN2O2/c1-4-9-18-11-13-14(17)7-6-8-15(13)21-12(3)16(20)19-10-5-2/h5-8,12,18H,2,4,9-11H2,1,3H3,(H,19,20). The Morgan fingerprint density at radius 2 is 2.29 bits per heavy atom. The van der Waals surface area contributed by atoms with Gasteiger partial charge in [0.1, 0.15) is 5.75 Å². The molecule has 1 aromatic carbocycles. The van der Waals surface area contributed by atoms with Gasteiger partial charge in [0, 0.05) is 23.7 Å². The molecular weight excluding hydrogens is 288 g/mol. The number of amides is 1. The third kappa shape index (κ3) is 5.78. The normalized spacial score (nSPS) is 11.8. The summed E-state index contributed by atoms with van der Waals surface area (Å²) in [4.78, 5) is 11.8. The summed E-state index contributed by atoms with van der Waals surface area (Å²) in [6, 6.07) is 5.46. The number of carbonyl (C=O) groups is 1. The quantitative estimate of drug-likeness (QED) is 0.544. The lowest BCUT2D eigenvalue weighted by atomic mass is 10.2. The Balaban J connectivity index is 2.74. The molecule has 0 saturated carbocycles. The van der Waals surface area contributed by atoms with Gasteiger partial charge in [-0.3, -0.25) is 4.79 Å². The second-order valence-corrected chi connectivity index (χ2v) is 5.09. The molecule has 0 aliphatic carbocycles. The van der Waals surface area contributed by atoms with Gasteiger partial charge < -0.3 is 15.4 Å². The second-order valence-electron chi connectivity index (χ2n) is 4.69. The third-order valence-electron chi connectivity index (χ3n) is 2.90. The predicted molar refractivity (Wildman–Crippen MR) is 86.7 cm³/mol. The van der Waals surface area contributed by atoms with Gasteiger partial charge in [-0.25, -0.2) is 0 Å². The van der Waals surface area contributed by atoms with E-state index >= 15 is 0 Å². The molecule has 0 heterocycles. The monoisotopic (exact) mass is 310 g/mol. The van der Waals surface area contributed by atoms with Crippen LogP contribution in [0.4, 0.5) is 0 Å². The zero-order chi connectivity index (χ0) is 15.7. The zero-order valence-corrected chi connectivity index (χ0v) is 13.4. The van der Waals surface area contributed by atoms with Gasteiger partial charge in [-0.2, -0.15) is 0 Å². The summed E-state index contributed by atoms with van der Waals surface area (Å²) in [5.74, 6) is 0.453. The van der Waals surface area contributed by atoms with E-state index in [0.717, 1.165) is 18.5 Å². The first kappa shape index (κ1) is 17.5. The molecule has 1 atom stereocenters. The summed E-state index contributed by atoms with van der Waals surface area (Å²) in [5, 5.41) is 6.63. The fourth-order valence-electron chi connectivity index (χ4n) is 1.77. The van der Waals surface area contributed by atoms with E-state index < -0.39 is 6.10 Å². The second kappa shape index (κ2) is 9.42. The number of carbonyl (C=O) groups excluding carboxylic acids is 1. The van der Waals surface area contributed by atoms with Gasteiger partial charge in [0.15, 0.2) is 6.10 Å². The minimum absolute atomic E-state index is 0.178. The fraction of sp³-hybridized carbons (Fsp3) is 0.438. The summed E-state index contributed by atoms with van der Waals surface area (Å²) in [6.07, 6.45) is 2.08. The van der Waals surface area contributed by atoms with Gasteiger partial charge in [-0.1, -0.05) is 30.7 Å². The van der Waals surface area contributed by atoms with E-state index in [9.17, 15) is 4.79 Å². The van der Waals surface area contributed by atoms with Crippen molar-refractivity contribution in [3.63, 3.8) is 0 Å². The number of hydrogen-bond acceptors (Lipinski definition) is 3. The summed E-state index contributed by atoms with van der Waals surface area (Å²) >= 11 is 6.22. The van der Waals surface area contributed by atoms with Crippen LogP contribution < -0.4 is 15.4 Å². The highest BCUT2D eigenvalue weighted by molar-refractivity contribution is 6.31. The van der Waals surface area contributed by atoms with E-state index in [4.69, 9.17) is 16.3 Å². The van der Waals surface area contributed by atoms with Crippen LogP contribution in [-0.2, 0) is 11.3 Å². The Kier molecular flexibility index (Phi) is 7.87. The lowest BCUT2D eigenvalue weighted by Gasteiger charge is -2.18. The molecule has 0 radical (unpaired) electrons. The van der Waals surface area contributed by atoms with Crippen LogP contribution in [0.1, 0.15) is 25.8 Å². The molecule has 1 unspecified atom stereocenters. The maximum Gasteiger partial charge on any atom is 0.261 e. The van der Waals surface area contributed by atoms with E-state index in [0.29, 0.717) is 23.9 Å². The molecule has 0 aliphatic rings. The third-order valence-corrected chi connectivity index (χ3v) is 3.25. The lowest BCUT2D eigenvalue weighted by Crippen LogP contribution is -2.36. The van der Waals surface area contributed by atoms with Gasteiger partial charge in [0.05, 0.1) is 0 Å².